The summed E-state index contributed by atoms with van der Waals surface area (Å²) in [5.74, 6) is 0.356. The Kier molecular flexibility index (Phi) is 3.01. The third-order valence-corrected chi connectivity index (χ3v) is 7.46. The van der Waals surface area contributed by atoms with Gasteiger partial charge in [-0.15, -0.1) is 11.3 Å². The van der Waals surface area contributed by atoms with Crippen LogP contribution in [0.5, 0.6) is 0 Å². The minimum absolute atomic E-state index is 0.101. The lowest BCUT2D eigenvalue weighted by Gasteiger charge is -2.39. The molecule has 2 fully saturated rings. The van der Waals surface area contributed by atoms with Crippen LogP contribution in [0.1, 0.15) is 50.4 Å². The maximum absolute atomic E-state index is 12.7. The molecule has 6 heteroatoms. The van der Waals surface area contributed by atoms with Crippen molar-refractivity contribution in [3.05, 3.63) is 33.7 Å². The highest BCUT2D eigenvalue weighted by Gasteiger charge is 2.61. The molecule has 0 spiro atoms. The van der Waals surface area contributed by atoms with E-state index in [1.54, 1.807) is 11.6 Å². The van der Waals surface area contributed by atoms with Crippen LogP contribution in [0.25, 0.3) is 4.96 Å². The molecule has 2 aromatic heterocycles. The molecule has 23 heavy (non-hydrogen) atoms. The van der Waals surface area contributed by atoms with Gasteiger partial charge in [0.15, 0.2) is 4.96 Å². The Bertz CT molecular complexity index is 853. The van der Waals surface area contributed by atoms with Crippen molar-refractivity contribution >= 4 is 22.2 Å². The van der Waals surface area contributed by atoms with Crippen molar-refractivity contribution in [3.8, 4) is 0 Å². The molecule has 2 aliphatic rings. The zero-order chi connectivity index (χ0) is 16.4. The van der Waals surface area contributed by atoms with Crippen LogP contribution in [0.4, 0.5) is 0 Å². The Morgan fingerprint density at radius 3 is 2.87 bits per heavy atom. The largest absolute Gasteiger partial charge is 0.349 e. The standard InChI is InChI=1S/C17H21N3O2S/c1-16(2)10-4-5-17(16,3)12(8-10)19-13(21)11-9-18-15-20(14(11)22)6-7-23-15/h6-7,9-10,12H,4-5,8H2,1-3H3,(H,19,21). The second-order valence-corrected chi connectivity index (χ2v) is 8.54. The Morgan fingerprint density at radius 1 is 1.43 bits per heavy atom. The summed E-state index contributed by atoms with van der Waals surface area (Å²) in [5.41, 5.74) is 0.172. The topological polar surface area (TPSA) is 63.5 Å². The number of nitrogens with zero attached hydrogens (tertiary/aromatic N) is 2. The van der Waals surface area contributed by atoms with E-state index >= 15 is 0 Å². The van der Waals surface area contributed by atoms with Gasteiger partial charge in [-0.05, 0) is 36.0 Å². The van der Waals surface area contributed by atoms with Crippen LogP contribution in [-0.4, -0.2) is 21.3 Å². The molecular weight excluding hydrogens is 310 g/mol. The molecular formula is C17H21N3O2S. The van der Waals surface area contributed by atoms with Gasteiger partial charge in [0.05, 0.1) is 0 Å². The number of carbonyl (C=O) groups is 1. The van der Waals surface area contributed by atoms with Gasteiger partial charge in [-0.1, -0.05) is 20.8 Å². The molecule has 2 saturated carbocycles. The monoisotopic (exact) mass is 331 g/mol. The molecule has 2 aliphatic carbocycles. The minimum Gasteiger partial charge on any atom is -0.349 e. The highest BCUT2D eigenvalue weighted by molar-refractivity contribution is 7.15. The van der Waals surface area contributed by atoms with Crippen LogP contribution in [-0.2, 0) is 0 Å². The summed E-state index contributed by atoms with van der Waals surface area (Å²) in [6, 6.07) is 0.131. The molecule has 5 nitrogen and oxygen atoms in total. The van der Waals surface area contributed by atoms with Gasteiger partial charge in [-0.3, -0.25) is 14.0 Å². The van der Waals surface area contributed by atoms with E-state index in [1.807, 2.05) is 0 Å². The molecule has 122 valence electrons. The first-order valence-electron chi connectivity index (χ1n) is 8.10. The van der Waals surface area contributed by atoms with E-state index in [0.717, 1.165) is 12.8 Å². The number of rotatable bonds is 2. The highest BCUT2D eigenvalue weighted by atomic mass is 32.1. The average molecular weight is 331 g/mol. The maximum atomic E-state index is 12.7. The molecule has 0 aromatic carbocycles. The van der Waals surface area contributed by atoms with E-state index < -0.39 is 0 Å². The van der Waals surface area contributed by atoms with Gasteiger partial charge < -0.3 is 5.32 Å². The van der Waals surface area contributed by atoms with Gasteiger partial charge in [0.25, 0.3) is 11.5 Å². The van der Waals surface area contributed by atoms with Crippen LogP contribution < -0.4 is 10.9 Å². The van der Waals surface area contributed by atoms with Crippen LogP contribution in [0.3, 0.4) is 0 Å². The summed E-state index contributed by atoms with van der Waals surface area (Å²) in [6.07, 6.45) is 6.44. The quantitative estimate of drug-likeness (QED) is 0.920. The summed E-state index contributed by atoms with van der Waals surface area (Å²) >= 11 is 1.38. The second-order valence-electron chi connectivity index (χ2n) is 7.67. The lowest BCUT2D eigenvalue weighted by Crippen LogP contribution is -2.48. The van der Waals surface area contributed by atoms with E-state index in [2.05, 4.69) is 31.1 Å². The average Bonchev–Trinajstić information content (AvgIpc) is 3.11. The first-order valence-corrected chi connectivity index (χ1v) is 8.98. The smallest absolute Gasteiger partial charge is 0.271 e. The fourth-order valence-corrected chi connectivity index (χ4v) is 5.31. The zero-order valence-corrected chi connectivity index (χ0v) is 14.4. The summed E-state index contributed by atoms with van der Waals surface area (Å²) < 4.78 is 1.44. The van der Waals surface area contributed by atoms with Gasteiger partial charge in [-0.2, -0.15) is 0 Å². The van der Waals surface area contributed by atoms with Crippen LogP contribution in [0, 0.1) is 16.7 Å². The molecule has 2 bridgehead atoms. The Morgan fingerprint density at radius 2 is 2.22 bits per heavy atom. The number of hydrogen-bond acceptors (Lipinski definition) is 4. The summed E-state index contributed by atoms with van der Waals surface area (Å²) in [6.45, 7) is 6.90. The second kappa shape index (κ2) is 4.66. The lowest BCUT2D eigenvalue weighted by atomic mass is 9.69. The van der Waals surface area contributed by atoms with Gasteiger partial charge in [0.1, 0.15) is 5.56 Å². The summed E-state index contributed by atoms with van der Waals surface area (Å²) in [4.78, 5) is 29.9. The van der Waals surface area contributed by atoms with Crippen molar-refractivity contribution in [1.29, 1.82) is 0 Å². The predicted molar refractivity (Wildman–Crippen MR) is 89.8 cm³/mol. The van der Waals surface area contributed by atoms with Gasteiger partial charge in [-0.25, -0.2) is 4.98 Å². The molecule has 0 aliphatic heterocycles. The van der Waals surface area contributed by atoms with Gasteiger partial charge >= 0.3 is 0 Å². The van der Waals surface area contributed by atoms with E-state index in [-0.39, 0.29) is 33.9 Å². The van der Waals surface area contributed by atoms with E-state index in [1.165, 1.54) is 28.4 Å². The first kappa shape index (κ1) is 14.9. The van der Waals surface area contributed by atoms with Crippen molar-refractivity contribution in [3.63, 3.8) is 0 Å². The van der Waals surface area contributed by atoms with Crippen molar-refractivity contribution in [1.82, 2.24) is 14.7 Å². The molecule has 4 rings (SSSR count). The van der Waals surface area contributed by atoms with E-state index in [9.17, 15) is 9.59 Å². The first-order chi connectivity index (χ1) is 10.8. The minimum atomic E-state index is -0.294. The molecule has 0 radical (unpaired) electrons. The highest BCUT2D eigenvalue weighted by Crippen LogP contribution is 2.65. The molecule has 2 heterocycles. The third-order valence-electron chi connectivity index (χ3n) is 6.69. The van der Waals surface area contributed by atoms with Crippen molar-refractivity contribution in [2.24, 2.45) is 16.7 Å². The van der Waals surface area contributed by atoms with Crippen molar-refractivity contribution in [2.45, 2.75) is 46.1 Å². The number of amides is 1. The zero-order valence-electron chi connectivity index (χ0n) is 13.6. The predicted octanol–water partition coefficient (Wildman–Crippen LogP) is 2.70. The van der Waals surface area contributed by atoms with Crippen LogP contribution >= 0.6 is 11.3 Å². The SMILES string of the molecule is CC1(C)C2CCC1(C)C(NC(=O)c1cnc3sccn3c1=O)C2. The summed E-state index contributed by atoms with van der Waals surface area (Å²) in [5, 5.41) is 4.93. The van der Waals surface area contributed by atoms with Crippen LogP contribution in [0.15, 0.2) is 22.6 Å². The lowest BCUT2D eigenvalue weighted by molar-refractivity contribution is 0.0824. The molecule has 1 N–H and O–H groups in total. The number of hydrogen-bond donors (Lipinski definition) is 1. The number of nitrogens with one attached hydrogen (secondary N) is 1. The number of carbonyl (C=O) groups excluding carboxylic acids is 1. The molecule has 3 unspecified atom stereocenters. The molecule has 1 amide bonds. The van der Waals surface area contributed by atoms with Gasteiger partial charge in [0.2, 0.25) is 0 Å². The number of aromatic nitrogens is 2. The van der Waals surface area contributed by atoms with Crippen molar-refractivity contribution < 1.29 is 4.79 Å². The molecule has 2 aromatic rings. The summed E-state index contributed by atoms with van der Waals surface area (Å²) in [7, 11) is 0. The fourth-order valence-electron chi connectivity index (χ4n) is 4.64. The number of thiazole rings is 1. The van der Waals surface area contributed by atoms with Crippen molar-refractivity contribution in [2.75, 3.05) is 0 Å². The van der Waals surface area contributed by atoms with E-state index in [0.29, 0.717) is 10.9 Å². The molecule has 3 atom stereocenters. The maximum Gasteiger partial charge on any atom is 0.271 e. The van der Waals surface area contributed by atoms with Crippen LogP contribution in [0.2, 0.25) is 0 Å². The van der Waals surface area contributed by atoms with E-state index in [4.69, 9.17) is 0 Å². The fraction of sp³-hybridized carbons (Fsp3) is 0.588. The Labute approximate surface area is 138 Å². The van der Waals surface area contributed by atoms with Gasteiger partial charge in [0, 0.05) is 23.8 Å². The Hall–Kier alpha value is -1.69. The Balaban J connectivity index is 1.63. The third kappa shape index (κ3) is 1.87. The molecule has 0 saturated heterocycles. The number of fused-ring (bicyclic) bond motifs is 3. The normalized spacial score (nSPS) is 31.6.